The molecule has 0 atom stereocenters. The zero-order valence-corrected chi connectivity index (χ0v) is 19.7. The summed E-state index contributed by atoms with van der Waals surface area (Å²) in [4.78, 5) is 15.7. The summed E-state index contributed by atoms with van der Waals surface area (Å²) in [7, 11) is 1.63. The number of fused-ring (bicyclic) bond motifs is 1. The SMILES string of the molecule is COc1ccc(-n2c(SCC(=O)NN=Cc3c[nH]c4ccccc34)nnc2-c2ccccc2)cc1. The van der Waals surface area contributed by atoms with Crippen LogP contribution in [0.5, 0.6) is 5.75 Å². The molecule has 3 aromatic carbocycles. The monoisotopic (exact) mass is 482 g/mol. The van der Waals surface area contributed by atoms with Crippen LogP contribution in [0.4, 0.5) is 0 Å². The van der Waals surface area contributed by atoms with Crippen molar-refractivity contribution in [2.45, 2.75) is 5.16 Å². The molecule has 2 aromatic heterocycles. The molecule has 0 aliphatic heterocycles. The zero-order chi connectivity index (χ0) is 24.0. The third kappa shape index (κ3) is 4.95. The van der Waals surface area contributed by atoms with Crippen LogP contribution in [0, 0.1) is 0 Å². The maximum Gasteiger partial charge on any atom is 0.250 e. The number of H-pyrrole nitrogens is 1. The number of hydrogen-bond acceptors (Lipinski definition) is 6. The van der Waals surface area contributed by atoms with Gasteiger partial charge in [0.05, 0.1) is 19.1 Å². The van der Waals surface area contributed by atoms with E-state index in [-0.39, 0.29) is 11.7 Å². The summed E-state index contributed by atoms with van der Waals surface area (Å²) < 4.78 is 7.22. The van der Waals surface area contributed by atoms with Gasteiger partial charge in [0, 0.05) is 33.9 Å². The van der Waals surface area contributed by atoms with Crippen molar-refractivity contribution in [3.63, 3.8) is 0 Å². The second-order valence-electron chi connectivity index (χ2n) is 7.58. The molecule has 0 fully saturated rings. The number of aromatic amines is 1. The lowest BCUT2D eigenvalue weighted by atomic mass is 10.2. The van der Waals surface area contributed by atoms with Crippen LogP contribution < -0.4 is 10.2 Å². The van der Waals surface area contributed by atoms with Crippen molar-refractivity contribution >= 4 is 34.8 Å². The van der Waals surface area contributed by atoms with Crippen molar-refractivity contribution in [1.29, 1.82) is 0 Å². The topological polar surface area (TPSA) is 97.2 Å². The van der Waals surface area contributed by atoms with E-state index in [1.807, 2.05) is 89.6 Å². The second-order valence-corrected chi connectivity index (χ2v) is 8.52. The smallest absolute Gasteiger partial charge is 0.250 e. The van der Waals surface area contributed by atoms with Crippen molar-refractivity contribution < 1.29 is 9.53 Å². The molecule has 0 spiro atoms. The third-order valence-corrected chi connectivity index (χ3v) is 6.27. The lowest BCUT2D eigenvalue weighted by molar-refractivity contribution is -0.118. The van der Waals surface area contributed by atoms with Gasteiger partial charge in [-0.15, -0.1) is 10.2 Å². The van der Waals surface area contributed by atoms with Gasteiger partial charge in [-0.3, -0.25) is 9.36 Å². The Balaban J connectivity index is 1.32. The predicted molar refractivity (Wildman–Crippen MR) is 138 cm³/mol. The number of hydrazone groups is 1. The Hall–Kier alpha value is -4.37. The number of benzene rings is 3. The molecule has 5 aromatic rings. The molecule has 0 unspecified atom stereocenters. The minimum atomic E-state index is -0.239. The molecular formula is C26H22N6O2S. The number of nitrogens with one attached hydrogen (secondary N) is 2. The molecule has 0 aliphatic carbocycles. The molecule has 174 valence electrons. The highest BCUT2D eigenvalue weighted by atomic mass is 32.2. The van der Waals surface area contributed by atoms with Crippen molar-refractivity contribution in [2.75, 3.05) is 12.9 Å². The van der Waals surface area contributed by atoms with E-state index in [2.05, 4.69) is 25.7 Å². The first-order valence-corrected chi connectivity index (χ1v) is 11.9. The number of nitrogens with zero attached hydrogens (tertiary/aromatic N) is 4. The van der Waals surface area contributed by atoms with E-state index in [1.165, 1.54) is 11.8 Å². The van der Waals surface area contributed by atoms with Crippen molar-refractivity contribution in [3.8, 4) is 22.8 Å². The molecule has 0 aliphatic rings. The number of carbonyl (C=O) groups is 1. The van der Waals surface area contributed by atoms with Gasteiger partial charge in [0.2, 0.25) is 0 Å². The minimum absolute atomic E-state index is 0.133. The van der Waals surface area contributed by atoms with Gasteiger partial charge in [-0.2, -0.15) is 5.10 Å². The molecule has 0 radical (unpaired) electrons. The number of hydrogen-bond donors (Lipinski definition) is 2. The molecule has 0 saturated carbocycles. The van der Waals surface area contributed by atoms with Crippen LogP contribution in [0.1, 0.15) is 5.56 Å². The Morgan fingerprint density at radius 1 is 1.06 bits per heavy atom. The number of para-hydroxylation sites is 1. The summed E-state index contributed by atoms with van der Waals surface area (Å²) in [6.45, 7) is 0. The highest BCUT2D eigenvalue weighted by Gasteiger charge is 2.17. The van der Waals surface area contributed by atoms with Gasteiger partial charge in [0.25, 0.3) is 5.91 Å². The average Bonchev–Trinajstić information content (AvgIpc) is 3.52. The van der Waals surface area contributed by atoms with Crippen LogP contribution in [-0.2, 0) is 4.79 Å². The van der Waals surface area contributed by atoms with Crippen LogP contribution in [0.2, 0.25) is 0 Å². The number of carbonyl (C=O) groups excluding carboxylic acids is 1. The van der Waals surface area contributed by atoms with Gasteiger partial charge in [-0.05, 0) is 30.3 Å². The van der Waals surface area contributed by atoms with Crippen molar-refractivity contribution in [3.05, 3.63) is 90.6 Å². The van der Waals surface area contributed by atoms with Crippen molar-refractivity contribution in [1.82, 2.24) is 25.2 Å². The van der Waals surface area contributed by atoms with Gasteiger partial charge in [0.1, 0.15) is 5.75 Å². The molecule has 2 heterocycles. The fraction of sp³-hybridized carbons (Fsp3) is 0.0769. The van der Waals surface area contributed by atoms with Gasteiger partial charge < -0.3 is 9.72 Å². The van der Waals surface area contributed by atoms with Crippen LogP contribution >= 0.6 is 11.8 Å². The average molecular weight is 483 g/mol. The Morgan fingerprint density at radius 3 is 2.63 bits per heavy atom. The molecule has 2 N–H and O–H groups in total. The highest BCUT2D eigenvalue weighted by molar-refractivity contribution is 7.99. The Bertz CT molecular complexity index is 1480. The first kappa shape index (κ1) is 22.4. The van der Waals surface area contributed by atoms with Crippen LogP contribution in [-0.4, -0.2) is 44.7 Å². The van der Waals surface area contributed by atoms with E-state index < -0.39 is 0 Å². The van der Waals surface area contributed by atoms with Gasteiger partial charge in [-0.25, -0.2) is 5.43 Å². The maximum absolute atomic E-state index is 12.5. The third-order valence-electron chi connectivity index (χ3n) is 5.34. The van der Waals surface area contributed by atoms with Crippen LogP contribution in [0.25, 0.3) is 28.0 Å². The summed E-state index contributed by atoms with van der Waals surface area (Å²) in [6.07, 6.45) is 3.49. The molecule has 8 nitrogen and oxygen atoms in total. The van der Waals surface area contributed by atoms with E-state index in [4.69, 9.17) is 4.74 Å². The number of aromatic nitrogens is 4. The van der Waals surface area contributed by atoms with E-state index in [1.54, 1.807) is 13.3 Å². The Morgan fingerprint density at radius 2 is 1.83 bits per heavy atom. The van der Waals surface area contributed by atoms with Crippen LogP contribution in [0.15, 0.2) is 95.3 Å². The first-order valence-electron chi connectivity index (χ1n) is 10.9. The molecule has 5 rings (SSSR count). The number of rotatable bonds is 8. The fourth-order valence-corrected chi connectivity index (χ4v) is 4.38. The van der Waals surface area contributed by atoms with E-state index >= 15 is 0 Å². The van der Waals surface area contributed by atoms with Crippen molar-refractivity contribution in [2.24, 2.45) is 5.10 Å². The quantitative estimate of drug-likeness (QED) is 0.190. The molecule has 0 bridgehead atoms. The van der Waals surface area contributed by atoms with Crippen LogP contribution in [0.3, 0.4) is 0 Å². The molecular weight excluding hydrogens is 460 g/mol. The summed E-state index contributed by atoms with van der Waals surface area (Å²) in [6, 6.07) is 25.4. The number of ether oxygens (including phenoxy) is 1. The minimum Gasteiger partial charge on any atom is -0.497 e. The predicted octanol–water partition coefficient (Wildman–Crippen LogP) is 4.67. The lowest BCUT2D eigenvalue weighted by Crippen LogP contribution is -2.20. The summed E-state index contributed by atoms with van der Waals surface area (Å²) >= 11 is 1.29. The largest absolute Gasteiger partial charge is 0.497 e. The highest BCUT2D eigenvalue weighted by Crippen LogP contribution is 2.28. The lowest BCUT2D eigenvalue weighted by Gasteiger charge is -2.11. The second kappa shape index (κ2) is 10.3. The number of thioether (sulfide) groups is 1. The van der Waals surface area contributed by atoms with Gasteiger partial charge in [-0.1, -0.05) is 60.3 Å². The van der Waals surface area contributed by atoms with Gasteiger partial charge in [0.15, 0.2) is 11.0 Å². The summed E-state index contributed by atoms with van der Waals surface area (Å²) in [5.41, 5.74) is 6.31. The summed E-state index contributed by atoms with van der Waals surface area (Å²) in [5, 5.41) is 14.5. The fourth-order valence-electron chi connectivity index (χ4n) is 3.64. The molecule has 0 saturated heterocycles. The maximum atomic E-state index is 12.5. The van der Waals surface area contributed by atoms with Gasteiger partial charge >= 0.3 is 0 Å². The normalized spacial score (nSPS) is 11.2. The van der Waals surface area contributed by atoms with E-state index in [0.717, 1.165) is 33.5 Å². The number of methoxy groups -OCH3 is 1. The Kier molecular flexibility index (Phi) is 6.58. The standard InChI is InChI=1S/C26H22N6O2S/c1-34-21-13-11-20(12-14-21)32-25(18-7-3-2-4-8-18)30-31-26(32)35-17-24(33)29-28-16-19-15-27-23-10-6-5-9-22(19)23/h2-16,27H,17H2,1H3,(H,29,33). The Labute approximate surface area is 206 Å². The molecule has 9 heteroatoms. The number of amides is 1. The summed E-state index contributed by atoms with van der Waals surface area (Å²) in [5.74, 6) is 1.34. The van der Waals surface area contributed by atoms with E-state index in [9.17, 15) is 4.79 Å². The first-order chi connectivity index (χ1) is 17.2. The molecule has 1 amide bonds. The van der Waals surface area contributed by atoms with E-state index in [0.29, 0.717) is 11.0 Å². The molecule has 35 heavy (non-hydrogen) atoms. The zero-order valence-electron chi connectivity index (χ0n) is 18.9.